The number of aromatic nitrogens is 2. The van der Waals surface area contributed by atoms with Gasteiger partial charge in [0.1, 0.15) is 18.5 Å². The van der Waals surface area contributed by atoms with Crippen molar-refractivity contribution in [2.45, 2.75) is 13.0 Å². The highest BCUT2D eigenvalue weighted by molar-refractivity contribution is 5.86. The molecule has 1 saturated heterocycles. The van der Waals surface area contributed by atoms with Gasteiger partial charge in [0.2, 0.25) is 5.91 Å². The van der Waals surface area contributed by atoms with Gasteiger partial charge in [-0.2, -0.15) is 5.10 Å². The Hall–Kier alpha value is -2.45. The standard InChI is InChI=1S/C17H22N4O4/c1-12(10-24-11-16(22)21-7-5-18-6-8-21)25-15-4-2-3-13-14(15)9-19-20-17(13)23/h2-4,9,12,18H,5-8,10-11H2,1H3,(H,20,23). The molecule has 0 aliphatic carbocycles. The summed E-state index contributed by atoms with van der Waals surface area (Å²) >= 11 is 0. The van der Waals surface area contributed by atoms with E-state index < -0.39 is 0 Å². The number of H-pyrrole nitrogens is 1. The summed E-state index contributed by atoms with van der Waals surface area (Å²) in [7, 11) is 0. The van der Waals surface area contributed by atoms with Gasteiger partial charge < -0.3 is 19.7 Å². The van der Waals surface area contributed by atoms with E-state index in [2.05, 4.69) is 15.5 Å². The topological polar surface area (TPSA) is 96.5 Å². The highest BCUT2D eigenvalue weighted by Crippen LogP contribution is 2.23. The molecule has 8 nitrogen and oxygen atoms in total. The van der Waals surface area contributed by atoms with Crippen LogP contribution < -0.4 is 15.6 Å². The van der Waals surface area contributed by atoms with Crippen LogP contribution in [0.15, 0.2) is 29.2 Å². The maximum Gasteiger partial charge on any atom is 0.272 e. The lowest BCUT2D eigenvalue weighted by atomic mass is 10.2. The number of carbonyl (C=O) groups excluding carboxylic acids is 1. The van der Waals surface area contributed by atoms with Crippen LogP contribution in [0.25, 0.3) is 10.8 Å². The van der Waals surface area contributed by atoms with E-state index in [0.29, 0.717) is 29.6 Å². The Labute approximate surface area is 145 Å². The summed E-state index contributed by atoms with van der Waals surface area (Å²) in [6.45, 7) is 5.25. The SMILES string of the molecule is CC(COCC(=O)N1CCNCC1)Oc1cccc2c(=O)[nH]ncc12. The van der Waals surface area contributed by atoms with Crippen molar-refractivity contribution < 1.29 is 14.3 Å². The Morgan fingerprint density at radius 1 is 1.32 bits per heavy atom. The number of amides is 1. The minimum Gasteiger partial charge on any atom is -0.488 e. The van der Waals surface area contributed by atoms with Gasteiger partial charge in [-0.25, -0.2) is 5.10 Å². The van der Waals surface area contributed by atoms with Crippen molar-refractivity contribution in [1.82, 2.24) is 20.4 Å². The molecule has 1 fully saturated rings. The highest BCUT2D eigenvalue weighted by Gasteiger charge is 2.17. The van der Waals surface area contributed by atoms with E-state index in [1.54, 1.807) is 29.3 Å². The number of ether oxygens (including phenoxy) is 2. The Bertz CT molecular complexity index is 786. The zero-order chi connectivity index (χ0) is 17.6. The average Bonchev–Trinajstić information content (AvgIpc) is 2.63. The number of benzene rings is 1. The summed E-state index contributed by atoms with van der Waals surface area (Å²) in [5.74, 6) is 0.565. The van der Waals surface area contributed by atoms with Gasteiger partial charge in [-0.05, 0) is 19.1 Å². The summed E-state index contributed by atoms with van der Waals surface area (Å²) < 4.78 is 11.4. The smallest absolute Gasteiger partial charge is 0.272 e. The van der Waals surface area contributed by atoms with Crippen molar-refractivity contribution >= 4 is 16.7 Å². The van der Waals surface area contributed by atoms with Gasteiger partial charge in [0.15, 0.2) is 0 Å². The van der Waals surface area contributed by atoms with Gasteiger partial charge in [-0.3, -0.25) is 9.59 Å². The molecule has 1 amide bonds. The Balaban J connectivity index is 1.53. The molecule has 134 valence electrons. The third-order valence-electron chi connectivity index (χ3n) is 4.05. The molecule has 0 saturated carbocycles. The number of piperazine rings is 1. The van der Waals surface area contributed by atoms with E-state index in [4.69, 9.17) is 9.47 Å². The van der Waals surface area contributed by atoms with E-state index in [1.807, 2.05) is 6.92 Å². The number of carbonyl (C=O) groups is 1. The van der Waals surface area contributed by atoms with E-state index in [-0.39, 0.29) is 30.8 Å². The second kappa shape index (κ2) is 8.09. The van der Waals surface area contributed by atoms with Gasteiger partial charge in [0.25, 0.3) is 5.56 Å². The molecule has 1 aromatic heterocycles. The summed E-state index contributed by atoms with van der Waals surface area (Å²) in [5, 5.41) is 10.6. The third-order valence-corrected chi connectivity index (χ3v) is 4.05. The molecule has 0 radical (unpaired) electrons. The first-order valence-corrected chi connectivity index (χ1v) is 8.34. The lowest BCUT2D eigenvalue weighted by molar-refractivity contribution is -0.137. The molecule has 0 spiro atoms. The molecule has 1 aromatic carbocycles. The van der Waals surface area contributed by atoms with Crippen molar-refractivity contribution in [1.29, 1.82) is 0 Å². The molecule has 2 aromatic rings. The molecule has 3 rings (SSSR count). The molecule has 1 aliphatic rings. The first-order valence-electron chi connectivity index (χ1n) is 8.34. The first kappa shape index (κ1) is 17.4. The number of nitrogens with zero attached hydrogens (tertiary/aromatic N) is 2. The van der Waals surface area contributed by atoms with Gasteiger partial charge in [0.05, 0.1) is 18.2 Å². The lowest BCUT2D eigenvalue weighted by Crippen LogP contribution is -2.47. The zero-order valence-electron chi connectivity index (χ0n) is 14.2. The van der Waals surface area contributed by atoms with Crippen LogP contribution in [0.1, 0.15) is 6.92 Å². The Morgan fingerprint density at radius 2 is 2.12 bits per heavy atom. The Morgan fingerprint density at radius 3 is 2.92 bits per heavy atom. The monoisotopic (exact) mass is 346 g/mol. The fraction of sp³-hybridized carbons (Fsp3) is 0.471. The Kier molecular flexibility index (Phi) is 5.62. The van der Waals surface area contributed by atoms with Gasteiger partial charge in [-0.15, -0.1) is 0 Å². The van der Waals surface area contributed by atoms with E-state index in [9.17, 15) is 9.59 Å². The van der Waals surface area contributed by atoms with Gasteiger partial charge >= 0.3 is 0 Å². The summed E-state index contributed by atoms with van der Waals surface area (Å²) in [5.41, 5.74) is -0.256. The average molecular weight is 346 g/mol. The van der Waals surface area contributed by atoms with Crippen LogP contribution in [-0.2, 0) is 9.53 Å². The van der Waals surface area contributed by atoms with Crippen LogP contribution in [0.4, 0.5) is 0 Å². The van der Waals surface area contributed by atoms with Gasteiger partial charge in [0, 0.05) is 31.6 Å². The summed E-state index contributed by atoms with van der Waals surface area (Å²) in [6, 6.07) is 5.26. The quantitative estimate of drug-likeness (QED) is 0.772. The van der Waals surface area contributed by atoms with Crippen LogP contribution in [0.3, 0.4) is 0 Å². The number of hydrogen-bond acceptors (Lipinski definition) is 6. The summed E-state index contributed by atoms with van der Waals surface area (Å²) in [4.78, 5) is 25.6. The maximum atomic E-state index is 12.0. The van der Waals surface area contributed by atoms with Crippen LogP contribution in [-0.4, -0.2) is 66.5 Å². The van der Waals surface area contributed by atoms with Crippen molar-refractivity contribution in [2.24, 2.45) is 0 Å². The normalized spacial score (nSPS) is 16.0. The second-order valence-electron chi connectivity index (χ2n) is 5.99. The molecular weight excluding hydrogens is 324 g/mol. The first-order chi connectivity index (χ1) is 12.1. The number of aromatic amines is 1. The third kappa shape index (κ3) is 4.34. The minimum atomic E-state index is -0.263. The van der Waals surface area contributed by atoms with E-state index in [0.717, 1.165) is 13.1 Å². The van der Waals surface area contributed by atoms with Crippen molar-refractivity contribution in [2.75, 3.05) is 39.4 Å². The number of rotatable bonds is 6. The fourth-order valence-electron chi connectivity index (χ4n) is 2.76. The molecule has 25 heavy (non-hydrogen) atoms. The number of fused-ring (bicyclic) bond motifs is 1. The molecule has 1 aliphatic heterocycles. The van der Waals surface area contributed by atoms with Crippen LogP contribution in [0.2, 0.25) is 0 Å². The molecule has 1 atom stereocenters. The number of hydrogen-bond donors (Lipinski definition) is 2. The zero-order valence-corrected chi connectivity index (χ0v) is 14.2. The second-order valence-corrected chi connectivity index (χ2v) is 5.99. The minimum absolute atomic E-state index is 0.00500. The van der Waals surface area contributed by atoms with Crippen LogP contribution >= 0.6 is 0 Å². The summed E-state index contributed by atoms with van der Waals surface area (Å²) in [6.07, 6.45) is 1.30. The molecular formula is C17H22N4O4. The highest BCUT2D eigenvalue weighted by atomic mass is 16.5. The molecule has 2 heterocycles. The van der Waals surface area contributed by atoms with Crippen molar-refractivity contribution in [3.05, 3.63) is 34.7 Å². The predicted octanol–water partition coefficient (Wildman–Crippen LogP) is 0.139. The molecule has 1 unspecified atom stereocenters. The van der Waals surface area contributed by atoms with E-state index in [1.165, 1.54) is 0 Å². The molecule has 0 bridgehead atoms. The predicted molar refractivity (Wildman–Crippen MR) is 92.7 cm³/mol. The van der Waals surface area contributed by atoms with Crippen LogP contribution in [0, 0.1) is 0 Å². The van der Waals surface area contributed by atoms with Crippen molar-refractivity contribution in [3.8, 4) is 5.75 Å². The lowest BCUT2D eigenvalue weighted by Gasteiger charge is -2.27. The molecule has 2 N–H and O–H groups in total. The molecule has 8 heteroatoms. The van der Waals surface area contributed by atoms with Gasteiger partial charge in [-0.1, -0.05) is 6.07 Å². The van der Waals surface area contributed by atoms with E-state index >= 15 is 0 Å². The maximum absolute atomic E-state index is 12.0. The number of nitrogens with one attached hydrogen (secondary N) is 2. The van der Waals surface area contributed by atoms with Crippen LogP contribution in [0.5, 0.6) is 5.75 Å². The van der Waals surface area contributed by atoms with Crippen molar-refractivity contribution in [3.63, 3.8) is 0 Å². The fourth-order valence-corrected chi connectivity index (χ4v) is 2.76. The largest absolute Gasteiger partial charge is 0.488 e.